The first-order chi connectivity index (χ1) is 9.13. The Morgan fingerprint density at radius 1 is 1.26 bits per heavy atom. The molecule has 19 heavy (non-hydrogen) atoms. The number of nitrogens with one attached hydrogen (secondary N) is 1. The van der Waals surface area contributed by atoms with Gasteiger partial charge in [-0.3, -0.25) is 4.79 Å². The molecule has 1 aromatic carbocycles. The van der Waals surface area contributed by atoms with Crippen molar-refractivity contribution in [1.82, 2.24) is 5.32 Å². The van der Waals surface area contributed by atoms with Crippen LogP contribution in [0.15, 0.2) is 54.6 Å². The number of carbonyl (C=O) groups excluding carboxylic acids is 1. The van der Waals surface area contributed by atoms with Gasteiger partial charge in [-0.25, -0.2) is 4.79 Å². The number of hydrogen-bond donors (Lipinski definition) is 2. The molecule has 0 heterocycles. The van der Waals surface area contributed by atoms with Crippen molar-refractivity contribution >= 4 is 11.9 Å². The van der Waals surface area contributed by atoms with Gasteiger partial charge in [-0.2, -0.15) is 0 Å². The molecule has 0 aromatic heterocycles. The van der Waals surface area contributed by atoms with Crippen LogP contribution >= 0.6 is 0 Å². The first-order valence-electron chi connectivity index (χ1n) is 6.00. The smallest absolute Gasteiger partial charge is 0.326 e. The van der Waals surface area contributed by atoms with Gasteiger partial charge in [0.1, 0.15) is 6.04 Å². The number of benzene rings is 1. The molecule has 0 radical (unpaired) electrons. The minimum absolute atomic E-state index is 0.263. The molecule has 0 spiro atoms. The monoisotopic (exact) mass is 259 g/mol. The Balaban J connectivity index is 2.64. The third-order valence-corrected chi connectivity index (χ3v) is 2.45. The molecule has 100 valence electrons. The van der Waals surface area contributed by atoms with Crippen LogP contribution in [0, 0.1) is 0 Å². The van der Waals surface area contributed by atoms with Crippen LogP contribution in [0.2, 0.25) is 0 Å². The number of allylic oxidation sites excluding steroid dienone is 3. The average Bonchev–Trinajstić information content (AvgIpc) is 2.39. The molecule has 0 unspecified atom stereocenters. The predicted molar refractivity (Wildman–Crippen MR) is 73.7 cm³/mol. The van der Waals surface area contributed by atoms with Gasteiger partial charge in [0.15, 0.2) is 0 Å². The summed E-state index contributed by atoms with van der Waals surface area (Å²) in [6.45, 7) is 1.83. The largest absolute Gasteiger partial charge is 0.480 e. The fourth-order valence-corrected chi connectivity index (χ4v) is 1.52. The summed E-state index contributed by atoms with van der Waals surface area (Å²) in [5.74, 6) is -1.46. The van der Waals surface area contributed by atoms with Crippen LogP contribution in [0.3, 0.4) is 0 Å². The molecular formula is C15H17NO3. The van der Waals surface area contributed by atoms with Gasteiger partial charge in [0.05, 0.1) is 0 Å². The molecule has 4 nitrogen and oxygen atoms in total. The van der Waals surface area contributed by atoms with Crippen molar-refractivity contribution in [2.24, 2.45) is 0 Å². The number of amides is 1. The molecule has 0 aliphatic rings. The van der Waals surface area contributed by atoms with Gasteiger partial charge in [0.2, 0.25) is 5.91 Å². The van der Waals surface area contributed by atoms with Crippen LogP contribution in [0.4, 0.5) is 0 Å². The van der Waals surface area contributed by atoms with E-state index in [1.807, 2.05) is 37.3 Å². The summed E-state index contributed by atoms with van der Waals surface area (Å²) >= 11 is 0. The molecule has 0 fully saturated rings. The van der Waals surface area contributed by atoms with Crippen LogP contribution in [0.5, 0.6) is 0 Å². The topological polar surface area (TPSA) is 66.4 Å². The predicted octanol–water partition coefficient (Wildman–Crippen LogP) is 1.93. The van der Waals surface area contributed by atoms with Crippen LogP contribution in [-0.4, -0.2) is 23.0 Å². The van der Waals surface area contributed by atoms with Crippen molar-refractivity contribution in [3.8, 4) is 0 Å². The van der Waals surface area contributed by atoms with E-state index in [2.05, 4.69) is 5.32 Å². The Labute approximate surface area is 112 Å². The van der Waals surface area contributed by atoms with E-state index in [4.69, 9.17) is 5.11 Å². The summed E-state index contributed by atoms with van der Waals surface area (Å²) in [4.78, 5) is 22.6. The highest BCUT2D eigenvalue weighted by Gasteiger charge is 2.18. The summed E-state index contributed by atoms with van der Waals surface area (Å²) in [5, 5.41) is 11.6. The van der Waals surface area contributed by atoms with Crippen LogP contribution in [0.25, 0.3) is 0 Å². The molecule has 1 rings (SSSR count). The lowest BCUT2D eigenvalue weighted by Crippen LogP contribution is -2.41. The van der Waals surface area contributed by atoms with Crippen molar-refractivity contribution in [1.29, 1.82) is 0 Å². The number of rotatable bonds is 6. The van der Waals surface area contributed by atoms with Gasteiger partial charge in [0.25, 0.3) is 0 Å². The number of carbonyl (C=O) groups is 2. The molecule has 1 amide bonds. The lowest BCUT2D eigenvalue weighted by molar-refractivity contribution is -0.141. The van der Waals surface area contributed by atoms with Gasteiger partial charge in [-0.1, -0.05) is 48.6 Å². The van der Waals surface area contributed by atoms with Gasteiger partial charge in [-0.05, 0) is 12.5 Å². The van der Waals surface area contributed by atoms with Crippen LogP contribution < -0.4 is 5.32 Å². The molecule has 0 saturated carbocycles. The molecule has 4 heteroatoms. The Morgan fingerprint density at radius 3 is 2.53 bits per heavy atom. The maximum atomic E-state index is 11.5. The molecule has 2 N–H and O–H groups in total. The maximum Gasteiger partial charge on any atom is 0.326 e. The quantitative estimate of drug-likeness (QED) is 0.606. The van der Waals surface area contributed by atoms with E-state index in [0.29, 0.717) is 0 Å². The van der Waals surface area contributed by atoms with Crippen LogP contribution in [-0.2, 0) is 16.0 Å². The number of hydrogen-bond acceptors (Lipinski definition) is 2. The lowest BCUT2D eigenvalue weighted by Gasteiger charge is -2.13. The minimum Gasteiger partial charge on any atom is -0.480 e. The zero-order valence-corrected chi connectivity index (χ0v) is 10.7. The summed E-state index contributed by atoms with van der Waals surface area (Å²) in [5.41, 5.74) is 0.868. The van der Waals surface area contributed by atoms with Crippen molar-refractivity contribution in [2.75, 3.05) is 0 Å². The second-order valence-corrected chi connectivity index (χ2v) is 3.97. The van der Waals surface area contributed by atoms with Crippen molar-refractivity contribution in [3.05, 3.63) is 60.2 Å². The first kappa shape index (κ1) is 14.7. The third kappa shape index (κ3) is 5.68. The second-order valence-electron chi connectivity index (χ2n) is 3.97. The normalized spacial score (nSPS) is 12.7. The summed E-state index contributed by atoms with van der Waals surface area (Å²) < 4.78 is 0. The van der Waals surface area contributed by atoms with Gasteiger partial charge in [-0.15, -0.1) is 0 Å². The van der Waals surface area contributed by atoms with E-state index in [0.717, 1.165) is 5.56 Å². The SMILES string of the molecule is C/C=C/C=C/C(=O)N[C@@H](Cc1ccccc1)C(=O)O. The first-order valence-corrected chi connectivity index (χ1v) is 6.00. The molecule has 0 aliphatic carbocycles. The van der Waals surface area contributed by atoms with E-state index in [9.17, 15) is 9.59 Å². The lowest BCUT2D eigenvalue weighted by atomic mass is 10.1. The number of aliphatic carboxylic acids is 1. The fourth-order valence-electron chi connectivity index (χ4n) is 1.52. The van der Waals surface area contributed by atoms with E-state index in [1.54, 1.807) is 18.2 Å². The molecule has 1 aromatic rings. The van der Waals surface area contributed by atoms with Crippen molar-refractivity contribution in [2.45, 2.75) is 19.4 Å². The highest BCUT2D eigenvalue weighted by atomic mass is 16.4. The van der Waals surface area contributed by atoms with Gasteiger partial charge < -0.3 is 10.4 Å². The molecule has 0 saturated heterocycles. The maximum absolute atomic E-state index is 11.5. The highest BCUT2D eigenvalue weighted by Crippen LogP contribution is 2.03. The van der Waals surface area contributed by atoms with E-state index in [1.165, 1.54) is 6.08 Å². The number of carboxylic acids is 1. The summed E-state index contributed by atoms with van der Waals surface area (Å²) in [6, 6.07) is 8.27. The Bertz CT molecular complexity index is 477. The van der Waals surface area contributed by atoms with Crippen LogP contribution in [0.1, 0.15) is 12.5 Å². The average molecular weight is 259 g/mol. The van der Waals surface area contributed by atoms with Crippen molar-refractivity contribution in [3.63, 3.8) is 0 Å². The molecule has 1 atom stereocenters. The second kappa shape index (κ2) is 7.87. The Kier molecular flexibility index (Phi) is 6.09. The Hall–Kier alpha value is -2.36. The molecular weight excluding hydrogens is 242 g/mol. The van der Waals surface area contributed by atoms with Crippen molar-refractivity contribution < 1.29 is 14.7 Å². The summed E-state index contributed by atoms with van der Waals surface area (Å²) in [7, 11) is 0. The zero-order chi connectivity index (χ0) is 14.1. The van der Waals surface area contributed by atoms with Gasteiger partial charge in [0, 0.05) is 12.5 Å². The minimum atomic E-state index is -1.04. The summed E-state index contributed by atoms with van der Waals surface area (Å²) in [6.07, 6.45) is 6.62. The van der Waals surface area contributed by atoms with Gasteiger partial charge >= 0.3 is 5.97 Å². The number of carboxylic acid groups (broad SMARTS) is 1. The molecule has 0 bridgehead atoms. The third-order valence-electron chi connectivity index (χ3n) is 2.45. The highest BCUT2D eigenvalue weighted by molar-refractivity contribution is 5.91. The van der Waals surface area contributed by atoms with E-state index in [-0.39, 0.29) is 6.42 Å². The van der Waals surface area contributed by atoms with E-state index < -0.39 is 17.9 Å². The van der Waals surface area contributed by atoms with E-state index >= 15 is 0 Å². The molecule has 0 aliphatic heterocycles. The fraction of sp³-hybridized carbons (Fsp3) is 0.200. The zero-order valence-electron chi connectivity index (χ0n) is 10.7. The standard InChI is InChI=1S/C15H17NO3/c1-2-3-5-10-14(17)16-13(15(18)19)11-12-8-6-4-7-9-12/h2-10,13H,11H2,1H3,(H,16,17)(H,18,19)/b3-2+,10-5+/t13-/m0/s1. The Morgan fingerprint density at radius 2 is 1.95 bits per heavy atom.